The molecule has 1 aliphatic heterocycles. The van der Waals surface area contributed by atoms with E-state index >= 15 is 0 Å². The number of nitrogens with zero attached hydrogens (tertiary/aromatic N) is 3. The lowest BCUT2D eigenvalue weighted by Crippen LogP contribution is -2.27. The fraction of sp³-hybridized carbons (Fsp3) is 0.308. The molecule has 1 amide bonds. The highest BCUT2D eigenvalue weighted by Gasteiger charge is 2.25. The van der Waals surface area contributed by atoms with E-state index in [4.69, 9.17) is 0 Å². The SMILES string of the molecule is O=C(c1snnc1-c1ccc(Br)cc1)N1CCCC1. The molecule has 0 aliphatic carbocycles. The molecule has 1 saturated heterocycles. The van der Waals surface area contributed by atoms with E-state index in [1.54, 1.807) is 0 Å². The van der Waals surface area contributed by atoms with Crippen LogP contribution < -0.4 is 0 Å². The Labute approximate surface area is 123 Å². The van der Waals surface area contributed by atoms with Gasteiger partial charge in [0, 0.05) is 23.1 Å². The Balaban J connectivity index is 1.93. The first kappa shape index (κ1) is 12.7. The summed E-state index contributed by atoms with van der Waals surface area (Å²) in [6.07, 6.45) is 2.18. The van der Waals surface area contributed by atoms with Crippen molar-refractivity contribution in [1.82, 2.24) is 14.5 Å². The third kappa shape index (κ3) is 2.55. The Morgan fingerprint density at radius 2 is 1.89 bits per heavy atom. The quantitative estimate of drug-likeness (QED) is 0.845. The molecule has 3 rings (SSSR count). The molecule has 4 nitrogen and oxygen atoms in total. The molecule has 2 heterocycles. The summed E-state index contributed by atoms with van der Waals surface area (Å²) in [5.41, 5.74) is 1.62. The smallest absolute Gasteiger partial charge is 0.267 e. The number of halogens is 1. The maximum atomic E-state index is 12.4. The van der Waals surface area contributed by atoms with Gasteiger partial charge in [0.2, 0.25) is 0 Å². The second-order valence-corrected chi connectivity index (χ2v) is 6.13. The third-order valence-corrected chi connectivity index (χ3v) is 4.44. The molecule has 1 fully saturated rings. The summed E-state index contributed by atoms with van der Waals surface area (Å²) in [4.78, 5) is 14.9. The summed E-state index contributed by atoms with van der Waals surface area (Å²) in [6.45, 7) is 1.69. The fourth-order valence-electron chi connectivity index (χ4n) is 2.19. The predicted molar refractivity (Wildman–Crippen MR) is 78.2 cm³/mol. The molecule has 1 aromatic carbocycles. The van der Waals surface area contributed by atoms with Gasteiger partial charge in [-0.15, -0.1) is 5.10 Å². The van der Waals surface area contributed by atoms with Crippen molar-refractivity contribution in [2.45, 2.75) is 12.8 Å². The van der Waals surface area contributed by atoms with E-state index in [2.05, 4.69) is 25.5 Å². The lowest BCUT2D eigenvalue weighted by molar-refractivity contribution is 0.0798. The lowest BCUT2D eigenvalue weighted by atomic mass is 10.1. The summed E-state index contributed by atoms with van der Waals surface area (Å²) in [5.74, 6) is 0.0606. The molecule has 1 aliphatic rings. The molecule has 0 radical (unpaired) electrons. The number of amides is 1. The summed E-state index contributed by atoms with van der Waals surface area (Å²) in [6, 6.07) is 7.78. The summed E-state index contributed by atoms with van der Waals surface area (Å²) >= 11 is 4.58. The van der Waals surface area contributed by atoms with Crippen LogP contribution in [0.5, 0.6) is 0 Å². The first-order valence-corrected chi connectivity index (χ1v) is 7.70. The van der Waals surface area contributed by atoms with Crippen molar-refractivity contribution in [2.75, 3.05) is 13.1 Å². The van der Waals surface area contributed by atoms with Crippen molar-refractivity contribution < 1.29 is 4.79 Å². The minimum atomic E-state index is 0.0606. The van der Waals surface area contributed by atoms with Gasteiger partial charge in [-0.25, -0.2) is 0 Å². The highest BCUT2D eigenvalue weighted by atomic mass is 79.9. The summed E-state index contributed by atoms with van der Waals surface area (Å²) in [5, 5.41) is 4.11. The van der Waals surface area contributed by atoms with Crippen LogP contribution in [0, 0.1) is 0 Å². The Hall–Kier alpha value is -1.27. The van der Waals surface area contributed by atoms with E-state index in [1.807, 2.05) is 29.2 Å². The van der Waals surface area contributed by atoms with Crippen LogP contribution in [-0.2, 0) is 0 Å². The highest BCUT2D eigenvalue weighted by Crippen LogP contribution is 2.27. The second kappa shape index (κ2) is 5.38. The third-order valence-electron chi connectivity index (χ3n) is 3.19. The monoisotopic (exact) mass is 337 g/mol. The highest BCUT2D eigenvalue weighted by molar-refractivity contribution is 9.10. The van der Waals surface area contributed by atoms with Crippen molar-refractivity contribution in [3.8, 4) is 11.3 Å². The Morgan fingerprint density at radius 3 is 2.58 bits per heavy atom. The van der Waals surface area contributed by atoms with Gasteiger partial charge in [-0.3, -0.25) is 4.79 Å². The molecule has 0 saturated carbocycles. The predicted octanol–water partition coefficient (Wildman–Crippen LogP) is 3.20. The normalized spacial score (nSPS) is 14.9. The van der Waals surface area contributed by atoms with Crippen molar-refractivity contribution in [3.05, 3.63) is 33.6 Å². The first-order chi connectivity index (χ1) is 9.25. The molecule has 0 bridgehead atoms. The van der Waals surface area contributed by atoms with Gasteiger partial charge in [0.15, 0.2) is 0 Å². The van der Waals surface area contributed by atoms with E-state index in [0.29, 0.717) is 10.6 Å². The molecule has 0 spiro atoms. The largest absolute Gasteiger partial charge is 0.338 e. The topological polar surface area (TPSA) is 46.1 Å². The van der Waals surface area contributed by atoms with Crippen LogP contribution in [0.3, 0.4) is 0 Å². The van der Waals surface area contributed by atoms with Crippen LogP contribution in [0.2, 0.25) is 0 Å². The van der Waals surface area contributed by atoms with Crippen LogP contribution in [0.1, 0.15) is 22.5 Å². The van der Waals surface area contributed by atoms with Crippen molar-refractivity contribution in [3.63, 3.8) is 0 Å². The molecule has 98 valence electrons. The molecular weight excluding hydrogens is 326 g/mol. The van der Waals surface area contributed by atoms with Gasteiger partial charge in [0.05, 0.1) is 0 Å². The standard InChI is InChI=1S/C13H12BrN3OS/c14-10-5-3-9(4-6-10)11-12(19-16-15-11)13(18)17-7-1-2-8-17/h3-6H,1-2,7-8H2. The van der Waals surface area contributed by atoms with Crippen LogP contribution in [0.4, 0.5) is 0 Å². The number of carbonyl (C=O) groups excluding carboxylic acids is 1. The molecule has 0 unspecified atom stereocenters. The number of likely N-dealkylation sites (tertiary alicyclic amines) is 1. The van der Waals surface area contributed by atoms with Gasteiger partial charge in [0.25, 0.3) is 5.91 Å². The van der Waals surface area contributed by atoms with Gasteiger partial charge >= 0.3 is 0 Å². The molecule has 1 aromatic heterocycles. The van der Waals surface area contributed by atoms with Crippen LogP contribution in [0.15, 0.2) is 28.7 Å². The van der Waals surface area contributed by atoms with Gasteiger partial charge in [-0.05, 0) is 36.5 Å². The molecular formula is C13H12BrN3OS. The lowest BCUT2D eigenvalue weighted by Gasteiger charge is -2.14. The maximum absolute atomic E-state index is 12.4. The van der Waals surface area contributed by atoms with E-state index in [9.17, 15) is 4.79 Å². The number of aromatic nitrogens is 2. The molecule has 0 N–H and O–H groups in total. The second-order valence-electron chi connectivity index (χ2n) is 4.46. The summed E-state index contributed by atoms with van der Waals surface area (Å²) < 4.78 is 4.95. The molecule has 6 heteroatoms. The zero-order valence-electron chi connectivity index (χ0n) is 10.2. The molecule has 19 heavy (non-hydrogen) atoms. The number of hydrogen-bond acceptors (Lipinski definition) is 4. The van der Waals surface area contributed by atoms with Crippen molar-refractivity contribution >= 4 is 33.4 Å². The van der Waals surface area contributed by atoms with Crippen molar-refractivity contribution in [1.29, 1.82) is 0 Å². The van der Waals surface area contributed by atoms with E-state index in [0.717, 1.165) is 36.0 Å². The van der Waals surface area contributed by atoms with Gasteiger partial charge < -0.3 is 4.90 Å². The van der Waals surface area contributed by atoms with Crippen molar-refractivity contribution in [2.24, 2.45) is 0 Å². The number of rotatable bonds is 2. The maximum Gasteiger partial charge on any atom is 0.267 e. The molecule has 0 atom stereocenters. The summed E-state index contributed by atoms with van der Waals surface area (Å²) in [7, 11) is 0. The number of carbonyl (C=O) groups is 1. The van der Waals surface area contributed by atoms with E-state index < -0.39 is 0 Å². The number of benzene rings is 1. The average Bonchev–Trinajstić information content (AvgIpc) is 3.10. The zero-order chi connectivity index (χ0) is 13.2. The van der Waals surface area contributed by atoms with E-state index in [1.165, 1.54) is 11.5 Å². The van der Waals surface area contributed by atoms with Crippen LogP contribution in [-0.4, -0.2) is 33.5 Å². The van der Waals surface area contributed by atoms with Crippen LogP contribution >= 0.6 is 27.5 Å². The Kier molecular flexibility index (Phi) is 3.61. The van der Waals surface area contributed by atoms with Crippen LogP contribution in [0.25, 0.3) is 11.3 Å². The Morgan fingerprint density at radius 1 is 1.21 bits per heavy atom. The zero-order valence-corrected chi connectivity index (χ0v) is 12.6. The first-order valence-electron chi connectivity index (χ1n) is 6.13. The number of hydrogen-bond donors (Lipinski definition) is 0. The minimum Gasteiger partial charge on any atom is -0.338 e. The molecule has 2 aromatic rings. The Bertz CT molecular complexity index is 590. The van der Waals surface area contributed by atoms with Gasteiger partial charge in [-0.2, -0.15) is 0 Å². The van der Waals surface area contributed by atoms with Gasteiger partial charge in [0.1, 0.15) is 10.6 Å². The minimum absolute atomic E-state index is 0.0606. The van der Waals surface area contributed by atoms with Gasteiger partial charge in [-0.1, -0.05) is 32.6 Å². The fourth-order valence-corrected chi connectivity index (χ4v) is 3.11. The average molecular weight is 338 g/mol. The van der Waals surface area contributed by atoms with E-state index in [-0.39, 0.29) is 5.91 Å².